The zero-order valence-corrected chi connectivity index (χ0v) is 19.1. The fourth-order valence-corrected chi connectivity index (χ4v) is 4.48. The van der Waals surface area contributed by atoms with Crippen LogP contribution in [0.5, 0.6) is 0 Å². The summed E-state index contributed by atoms with van der Waals surface area (Å²) in [4.78, 5) is 21.4. The molecule has 1 aliphatic rings. The Morgan fingerprint density at radius 2 is 1.91 bits per heavy atom. The maximum Gasteiger partial charge on any atom is 0.248 e. The minimum atomic E-state index is -0.0128. The van der Waals surface area contributed by atoms with E-state index in [-0.39, 0.29) is 11.9 Å². The van der Waals surface area contributed by atoms with Gasteiger partial charge in [0.2, 0.25) is 29.4 Å². The fraction of sp³-hybridized carbons (Fsp3) is 0.348. The van der Waals surface area contributed by atoms with Crippen molar-refractivity contribution in [3.05, 3.63) is 58.9 Å². The molecule has 10 heteroatoms. The highest BCUT2D eigenvalue weighted by Crippen LogP contribution is 2.24. The molecule has 5 rings (SSSR count). The molecule has 4 heterocycles. The average molecular weight is 465 g/mol. The summed E-state index contributed by atoms with van der Waals surface area (Å²) in [6.07, 6.45) is 0.793. The van der Waals surface area contributed by atoms with Crippen LogP contribution in [0, 0.1) is 0 Å². The van der Waals surface area contributed by atoms with Crippen LogP contribution < -0.4 is 0 Å². The predicted molar refractivity (Wildman–Crippen MR) is 122 cm³/mol. The molecule has 0 spiro atoms. The summed E-state index contributed by atoms with van der Waals surface area (Å²) in [6, 6.07) is 11.7. The number of amides is 1. The van der Waals surface area contributed by atoms with E-state index < -0.39 is 0 Å². The Morgan fingerprint density at radius 3 is 2.67 bits per heavy atom. The standard InChI is InChI=1S/C23H24N6O3S/c1-16(22-24-21(27-32-22)17-5-3-2-4-6-17)28-10-12-29(13-11-28)20(30)8-7-19-25-26-23(31-19)18-9-14-33-15-18/h2-6,9,14-16H,7-8,10-13H2,1H3. The van der Waals surface area contributed by atoms with Gasteiger partial charge in [-0.3, -0.25) is 9.69 Å². The molecule has 1 saturated heterocycles. The number of benzene rings is 1. The van der Waals surface area contributed by atoms with Crippen molar-refractivity contribution in [3.63, 3.8) is 0 Å². The number of aromatic nitrogens is 4. The van der Waals surface area contributed by atoms with Gasteiger partial charge in [-0.15, -0.1) is 10.2 Å². The lowest BCUT2D eigenvalue weighted by molar-refractivity contribution is -0.133. The van der Waals surface area contributed by atoms with E-state index in [9.17, 15) is 4.79 Å². The summed E-state index contributed by atoms with van der Waals surface area (Å²) in [5, 5.41) is 16.2. The molecule has 0 bridgehead atoms. The van der Waals surface area contributed by atoms with Crippen LogP contribution in [0.15, 0.2) is 56.1 Å². The van der Waals surface area contributed by atoms with Crippen LogP contribution in [-0.2, 0) is 11.2 Å². The number of thiophene rings is 1. The molecule has 1 aromatic carbocycles. The maximum absolute atomic E-state index is 12.7. The first-order valence-corrected chi connectivity index (χ1v) is 11.9. The Labute approximate surface area is 195 Å². The number of rotatable bonds is 7. The van der Waals surface area contributed by atoms with Gasteiger partial charge in [-0.1, -0.05) is 35.5 Å². The highest BCUT2D eigenvalue weighted by atomic mass is 32.1. The molecule has 0 aliphatic carbocycles. The lowest BCUT2D eigenvalue weighted by atomic mass is 10.2. The monoisotopic (exact) mass is 464 g/mol. The van der Waals surface area contributed by atoms with Crippen molar-refractivity contribution >= 4 is 17.2 Å². The lowest BCUT2D eigenvalue weighted by Crippen LogP contribution is -2.49. The van der Waals surface area contributed by atoms with Crippen LogP contribution in [-0.4, -0.2) is 62.2 Å². The van der Waals surface area contributed by atoms with E-state index >= 15 is 0 Å². The third-order valence-corrected chi connectivity index (χ3v) is 6.52. The van der Waals surface area contributed by atoms with E-state index in [0.29, 0.717) is 49.4 Å². The van der Waals surface area contributed by atoms with Crippen LogP contribution in [0.4, 0.5) is 0 Å². The normalized spacial score (nSPS) is 15.6. The topological polar surface area (TPSA) is 101 Å². The fourth-order valence-electron chi connectivity index (χ4n) is 3.85. The van der Waals surface area contributed by atoms with E-state index in [1.54, 1.807) is 11.3 Å². The van der Waals surface area contributed by atoms with Crippen molar-refractivity contribution in [1.29, 1.82) is 0 Å². The first kappa shape index (κ1) is 21.5. The van der Waals surface area contributed by atoms with Crippen molar-refractivity contribution in [3.8, 4) is 22.8 Å². The Bertz CT molecular complexity index is 1180. The van der Waals surface area contributed by atoms with Gasteiger partial charge in [-0.2, -0.15) is 16.3 Å². The molecule has 1 unspecified atom stereocenters. The van der Waals surface area contributed by atoms with Gasteiger partial charge in [-0.05, 0) is 18.4 Å². The summed E-state index contributed by atoms with van der Waals surface area (Å²) in [7, 11) is 0. The average Bonchev–Trinajstić information content (AvgIpc) is 3.64. The van der Waals surface area contributed by atoms with Crippen molar-refractivity contribution < 1.29 is 13.7 Å². The van der Waals surface area contributed by atoms with Crippen LogP contribution in [0.25, 0.3) is 22.8 Å². The summed E-state index contributed by atoms with van der Waals surface area (Å²) >= 11 is 1.58. The number of aryl methyl sites for hydroxylation is 1. The molecular formula is C23H24N6O3S. The van der Waals surface area contributed by atoms with Crippen LogP contribution in [0.1, 0.15) is 31.2 Å². The Morgan fingerprint density at radius 1 is 1.09 bits per heavy atom. The molecular weight excluding hydrogens is 440 g/mol. The zero-order chi connectivity index (χ0) is 22.6. The van der Waals surface area contributed by atoms with E-state index in [0.717, 1.165) is 24.2 Å². The third-order valence-electron chi connectivity index (χ3n) is 5.83. The summed E-state index contributed by atoms with van der Waals surface area (Å²) in [5.41, 5.74) is 1.84. The van der Waals surface area contributed by atoms with Crippen LogP contribution >= 0.6 is 11.3 Å². The molecule has 170 valence electrons. The minimum Gasteiger partial charge on any atom is -0.421 e. The Hall–Kier alpha value is -3.37. The quantitative estimate of drug-likeness (QED) is 0.408. The highest BCUT2D eigenvalue weighted by molar-refractivity contribution is 7.08. The van der Waals surface area contributed by atoms with Gasteiger partial charge in [-0.25, -0.2) is 0 Å². The lowest BCUT2D eigenvalue weighted by Gasteiger charge is -2.36. The predicted octanol–water partition coefficient (Wildman–Crippen LogP) is 3.69. The number of nitrogens with zero attached hydrogens (tertiary/aromatic N) is 6. The second kappa shape index (κ2) is 9.63. The molecule has 1 fully saturated rings. The van der Waals surface area contributed by atoms with E-state index in [2.05, 4.69) is 32.2 Å². The number of carbonyl (C=O) groups is 1. The number of hydrogen-bond donors (Lipinski definition) is 0. The third kappa shape index (κ3) is 4.86. The van der Waals surface area contributed by atoms with Gasteiger partial charge < -0.3 is 13.8 Å². The van der Waals surface area contributed by atoms with E-state index in [4.69, 9.17) is 8.94 Å². The van der Waals surface area contributed by atoms with Crippen molar-refractivity contribution in [2.45, 2.75) is 25.8 Å². The SMILES string of the molecule is CC(c1nc(-c2ccccc2)no1)N1CCN(C(=O)CCc2nnc(-c3ccsc3)o2)CC1. The second-order valence-corrected chi connectivity index (χ2v) is 8.71. The van der Waals surface area contributed by atoms with Gasteiger partial charge in [0, 0.05) is 55.5 Å². The van der Waals surface area contributed by atoms with Gasteiger partial charge >= 0.3 is 0 Å². The maximum atomic E-state index is 12.7. The smallest absolute Gasteiger partial charge is 0.248 e. The van der Waals surface area contributed by atoms with Gasteiger partial charge in [0.1, 0.15) is 0 Å². The van der Waals surface area contributed by atoms with Crippen molar-refractivity contribution in [1.82, 2.24) is 30.1 Å². The van der Waals surface area contributed by atoms with Crippen molar-refractivity contribution in [2.75, 3.05) is 26.2 Å². The van der Waals surface area contributed by atoms with E-state index in [1.807, 2.05) is 52.1 Å². The second-order valence-electron chi connectivity index (χ2n) is 7.93. The van der Waals surface area contributed by atoms with Gasteiger partial charge in [0.05, 0.1) is 6.04 Å². The van der Waals surface area contributed by atoms with Gasteiger partial charge in [0.15, 0.2) is 0 Å². The van der Waals surface area contributed by atoms with Gasteiger partial charge in [0.25, 0.3) is 0 Å². The Balaban J connectivity index is 1.11. The molecule has 33 heavy (non-hydrogen) atoms. The highest BCUT2D eigenvalue weighted by Gasteiger charge is 2.28. The van der Waals surface area contributed by atoms with Crippen LogP contribution in [0.3, 0.4) is 0 Å². The van der Waals surface area contributed by atoms with Crippen LogP contribution in [0.2, 0.25) is 0 Å². The molecule has 0 saturated carbocycles. The molecule has 0 radical (unpaired) electrons. The first-order chi connectivity index (χ1) is 16.2. The molecule has 0 N–H and O–H groups in total. The Kier molecular flexibility index (Phi) is 6.27. The summed E-state index contributed by atoms with van der Waals surface area (Å²) < 4.78 is 11.2. The molecule has 1 aliphatic heterocycles. The minimum absolute atomic E-state index is 0.0128. The molecule has 1 amide bonds. The molecule has 9 nitrogen and oxygen atoms in total. The summed E-state index contributed by atoms with van der Waals surface area (Å²) in [6.45, 7) is 4.87. The largest absolute Gasteiger partial charge is 0.421 e. The number of hydrogen-bond acceptors (Lipinski definition) is 9. The van der Waals surface area contributed by atoms with Crippen molar-refractivity contribution in [2.24, 2.45) is 0 Å². The molecule has 3 aromatic heterocycles. The number of piperazine rings is 1. The zero-order valence-electron chi connectivity index (χ0n) is 18.3. The summed E-state index contributed by atoms with van der Waals surface area (Å²) in [5.74, 6) is 2.27. The number of carbonyl (C=O) groups excluding carboxylic acids is 1. The molecule has 4 aromatic rings. The molecule has 1 atom stereocenters. The first-order valence-electron chi connectivity index (χ1n) is 10.9. The van der Waals surface area contributed by atoms with E-state index in [1.165, 1.54) is 0 Å².